The van der Waals surface area contributed by atoms with Crippen LogP contribution in [0, 0.1) is 0 Å². The summed E-state index contributed by atoms with van der Waals surface area (Å²) in [6.45, 7) is 3.06. The lowest BCUT2D eigenvalue weighted by atomic mass is 10.2. The number of carbonyl (C=O) groups excluding carboxylic acids is 1. The second-order valence-electron chi connectivity index (χ2n) is 4.73. The molecule has 2 rings (SSSR count). The predicted octanol–water partition coefficient (Wildman–Crippen LogP) is 2.39. The summed E-state index contributed by atoms with van der Waals surface area (Å²) in [5.41, 5.74) is 0.505. The van der Waals surface area contributed by atoms with Crippen molar-refractivity contribution in [2.45, 2.75) is 25.5 Å². The van der Waals surface area contributed by atoms with Gasteiger partial charge in [0.1, 0.15) is 0 Å². The van der Waals surface area contributed by atoms with Crippen LogP contribution in [0.1, 0.15) is 13.3 Å². The number of rotatable bonds is 3. The van der Waals surface area contributed by atoms with Crippen molar-refractivity contribution < 1.29 is 9.90 Å². The summed E-state index contributed by atoms with van der Waals surface area (Å²) in [6.07, 6.45) is 0.361. The molecule has 0 bridgehead atoms. The van der Waals surface area contributed by atoms with Crippen molar-refractivity contribution in [3.8, 4) is 0 Å². The number of nitrogens with zero attached hydrogens (tertiary/aromatic N) is 1. The molecule has 4 nitrogen and oxygen atoms in total. The molecule has 0 saturated carbocycles. The Morgan fingerprint density at radius 1 is 1.53 bits per heavy atom. The molecule has 0 aliphatic carbocycles. The fraction of sp³-hybridized carbons (Fsp3) is 0.462. The molecule has 6 heteroatoms. The Morgan fingerprint density at radius 3 is 2.89 bits per heavy atom. The number of aliphatic hydroxyl groups excluding tert-OH is 1. The van der Waals surface area contributed by atoms with Crippen LogP contribution in [0.25, 0.3) is 0 Å². The number of halogens is 2. The summed E-state index contributed by atoms with van der Waals surface area (Å²) in [5.74, 6) is -0.154. The molecule has 104 valence electrons. The number of likely N-dealkylation sites (tertiary alicyclic amines) is 1. The van der Waals surface area contributed by atoms with E-state index < -0.39 is 0 Å². The van der Waals surface area contributed by atoms with E-state index in [1.54, 1.807) is 18.2 Å². The lowest BCUT2D eigenvalue weighted by Crippen LogP contribution is -2.41. The maximum atomic E-state index is 12.1. The first-order chi connectivity index (χ1) is 8.97. The minimum atomic E-state index is -0.343. The lowest BCUT2D eigenvalue weighted by molar-refractivity contribution is -0.120. The highest BCUT2D eigenvalue weighted by Gasteiger charge is 2.28. The van der Waals surface area contributed by atoms with E-state index in [4.69, 9.17) is 23.2 Å². The van der Waals surface area contributed by atoms with Crippen molar-refractivity contribution in [3.05, 3.63) is 28.2 Å². The summed E-state index contributed by atoms with van der Waals surface area (Å²) in [6, 6.07) is 4.61. The van der Waals surface area contributed by atoms with Crippen LogP contribution < -0.4 is 5.32 Å². The Morgan fingerprint density at radius 2 is 2.26 bits per heavy atom. The predicted molar refractivity (Wildman–Crippen MR) is 76.8 cm³/mol. The van der Waals surface area contributed by atoms with Crippen molar-refractivity contribution in [3.63, 3.8) is 0 Å². The molecule has 1 aromatic rings. The van der Waals surface area contributed by atoms with Gasteiger partial charge in [-0.1, -0.05) is 23.2 Å². The van der Waals surface area contributed by atoms with Crippen molar-refractivity contribution in [1.82, 2.24) is 4.90 Å². The highest BCUT2D eigenvalue weighted by molar-refractivity contribution is 6.35. The summed E-state index contributed by atoms with van der Waals surface area (Å²) in [5, 5.41) is 13.2. The second kappa shape index (κ2) is 6.09. The third kappa shape index (κ3) is 3.60. The van der Waals surface area contributed by atoms with E-state index in [-0.39, 0.29) is 18.1 Å². The first-order valence-corrected chi connectivity index (χ1v) is 6.91. The zero-order valence-corrected chi connectivity index (χ0v) is 12.1. The number of hydrogen-bond acceptors (Lipinski definition) is 3. The molecule has 1 aliphatic rings. The summed E-state index contributed by atoms with van der Waals surface area (Å²) >= 11 is 11.9. The molecular formula is C13H16Cl2N2O2. The first kappa shape index (κ1) is 14.6. The minimum Gasteiger partial charge on any atom is -0.392 e. The molecule has 19 heavy (non-hydrogen) atoms. The summed E-state index contributed by atoms with van der Waals surface area (Å²) < 4.78 is 0. The molecule has 2 atom stereocenters. The summed E-state index contributed by atoms with van der Waals surface area (Å²) in [4.78, 5) is 14.1. The lowest BCUT2D eigenvalue weighted by Gasteiger charge is -2.23. The van der Waals surface area contributed by atoms with Gasteiger partial charge in [0.2, 0.25) is 5.91 Å². The van der Waals surface area contributed by atoms with Crippen LogP contribution >= 0.6 is 23.2 Å². The van der Waals surface area contributed by atoms with Crippen LogP contribution in [0.5, 0.6) is 0 Å². The van der Waals surface area contributed by atoms with Gasteiger partial charge in [-0.15, -0.1) is 0 Å². The highest BCUT2D eigenvalue weighted by atomic mass is 35.5. The van der Waals surface area contributed by atoms with Crippen LogP contribution in [0.3, 0.4) is 0 Å². The molecular weight excluding hydrogens is 287 g/mol. The van der Waals surface area contributed by atoms with Gasteiger partial charge in [-0.2, -0.15) is 0 Å². The zero-order chi connectivity index (χ0) is 14.0. The number of amides is 1. The van der Waals surface area contributed by atoms with Gasteiger partial charge in [0, 0.05) is 18.1 Å². The number of nitrogens with one attached hydrogen (secondary N) is 1. The Bertz CT molecular complexity index is 482. The molecule has 1 fully saturated rings. The molecule has 1 heterocycles. The topological polar surface area (TPSA) is 52.6 Å². The van der Waals surface area contributed by atoms with Gasteiger partial charge in [-0.3, -0.25) is 9.69 Å². The van der Waals surface area contributed by atoms with E-state index >= 15 is 0 Å². The SMILES string of the molecule is CC(C(=O)Nc1cc(Cl)ccc1Cl)N1CC[C@H](O)C1. The van der Waals surface area contributed by atoms with Gasteiger partial charge < -0.3 is 10.4 Å². The molecule has 1 saturated heterocycles. The fourth-order valence-corrected chi connectivity index (χ4v) is 2.45. The van der Waals surface area contributed by atoms with Crippen molar-refractivity contribution >= 4 is 34.8 Å². The van der Waals surface area contributed by atoms with Gasteiger partial charge in [-0.25, -0.2) is 0 Å². The maximum Gasteiger partial charge on any atom is 0.241 e. The van der Waals surface area contributed by atoms with Crippen LogP contribution in [-0.2, 0) is 4.79 Å². The van der Waals surface area contributed by atoms with E-state index in [0.717, 1.165) is 6.54 Å². The third-order valence-electron chi connectivity index (χ3n) is 3.31. The van der Waals surface area contributed by atoms with E-state index in [1.807, 2.05) is 11.8 Å². The van der Waals surface area contributed by atoms with Crippen molar-refractivity contribution in [2.75, 3.05) is 18.4 Å². The third-order valence-corrected chi connectivity index (χ3v) is 3.87. The normalized spacial score (nSPS) is 21.4. The Labute approximate surface area is 122 Å². The molecule has 0 spiro atoms. The van der Waals surface area contributed by atoms with E-state index in [9.17, 15) is 9.90 Å². The number of β-amino-alcohol motifs (C(OH)–C–C–N with tert-alkyl or cyclic N) is 1. The van der Waals surface area contributed by atoms with E-state index in [2.05, 4.69) is 5.32 Å². The van der Waals surface area contributed by atoms with Gasteiger partial charge in [0.15, 0.2) is 0 Å². The standard InChI is InChI=1S/C13H16Cl2N2O2/c1-8(17-5-4-10(18)7-17)13(19)16-12-6-9(14)2-3-11(12)15/h2-3,6,8,10,18H,4-5,7H2,1H3,(H,16,19)/t8?,10-/m0/s1. The van der Waals surface area contributed by atoms with Gasteiger partial charge in [0.05, 0.1) is 22.9 Å². The Kier molecular flexibility index (Phi) is 4.68. The van der Waals surface area contributed by atoms with Crippen LogP contribution in [0.15, 0.2) is 18.2 Å². The van der Waals surface area contributed by atoms with Crippen LogP contribution in [0.4, 0.5) is 5.69 Å². The summed E-state index contributed by atoms with van der Waals surface area (Å²) in [7, 11) is 0. The highest BCUT2D eigenvalue weighted by Crippen LogP contribution is 2.26. The smallest absolute Gasteiger partial charge is 0.241 e. The van der Waals surface area contributed by atoms with Gasteiger partial charge in [0.25, 0.3) is 0 Å². The number of aliphatic hydroxyl groups is 1. The first-order valence-electron chi connectivity index (χ1n) is 6.15. The Balaban J connectivity index is 2.02. The second-order valence-corrected chi connectivity index (χ2v) is 5.57. The van der Waals surface area contributed by atoms with Crippen molar-refractivity contribution in [1.29, 1.82) is 0 Å². The monoisotopic (exact) mass is 302 g/mol. The molecule has 1 amide bonds. The molecule has 0 aromatic heterocycles. The fourth-order valence-electron chi connectivity index (χ4n) is 2.12. The van der Waals surface area contributed by atoms with Crippen LogP contribution in [0.2, 0.25) is 10.0 Å². The molecule has 1 aromatic carbocycles. The molecule has 1 unspecified atom stereocenters. The molecule has 0 radical (unpaired) electrons. The number of hydrogen-bond donors (Lipinski definition) is 2. The largest absolute Gasteiger partial charge is 0.392 e. The Hall–Kier alpha value is -0.810. The van der Waals surface area contributed by atoms with Crippen molar-refractivity contribution in [2.24, 2.45) is 0 Å². The average molecular weight is 303 g/mol. The van der Waals surface area contributed by atoms with Gasteiger partial charge in [-0.05, 0) is 31.5 Å². The van der Waals surface area contributed by atoms with Gasteiger partial charge >= 0.3 is 0 Å². The van der Waals surface area contributed by atoms with Crippen LogP contribution in [-0.4, -0.2) is 41.1 Å². The molecule has 1 aliphatic heterocycles. The quantitative estimate of drug-likeness (QED) is 0.901. The van der Waals surface area contributed by atoms with E-state index in [0.29, 0.717) is 28.7 Å². The average Bonchev–Trinajstić information content (AvgIpc) is 2.79. The minimum absolute atomic E-state index is 0.154. The number of carbonyl (C=O) groups is 1. The zero-order valence-electron chi connectivity index (χ0n) is 10.6. The van der Waals surface area contributed by atoms with E-state index in [1.165, 1.54) is 0 Å². The maximum absolute atomic E-state index is 12.1. The number of benzene rings is 1. The molecule has 2 N–H and O–H groups in total. The number of anilines is 1.